The Morgan fingerprint density at radius 2 is 2.04 bits per heavy atom. The highest BCUT2D eigenvalue weighted by Gasteiger charge is 2.42. The van der Waals surface area contributed by atoms with Crippen molar-refractivity contribution >= 4 is 5.91 Å². The summed E-state index contributed by atoms with van der Waals surface area (Å²) in [5.74, 6) is 1.04. The van der Waals surface area contributed by atoms with Gasteiger partial charge in [0.1, 0.15) is 11.4 Å². The van der Waals surface area contributed by atoms with Crippen LogP contribution in [0.25, 0.3) is 0 Å². The number of likely N-dealkylation sites (tertiary alicyclic amines) is 1. The number of amides is 1. The van der Waals surface area contributed by atoms with Gasteiger partial charge in [0.05, 0.1) is 6.54 Å². The van der Waals surface area contributed by atoms with E-state index in [0.717, 1.165) is 43.8 Å². The first kappa shape index (κ1) is 18.0. The monoisotopic (exact) mass is 365 g/mol. The summed E-state index contributed by atoms with van der Waals surface area (Å²) >= 11 is 0. The molecule has 1 saturated heterocycles. The largest absolute Gasteiger partial charge is 0.484 e. The predicted molar refractivity (Wildman–Crippen MR) is 104 cm³/mol. The van der Waals surface area contributed by atoms with E-state index in [-0.39, 0.29) is 11.5 Å². The standard InChI is InChI=1S/C22H27N3O2/c1-17-4-5-21-20(12-17)14-25(18(2)26)16-22(27-21)8-3-11-24(15-22)13-19-6-9-23-10-7-19/h4-7,9-10,12H,3,8,11,13-16H2,1-2H3. The van der Waals surface area contributed by atoms with Crippen LogP contribution in [0, 0.1) is 6.92 Å². The van der Waals surface area contributed by atoms with Gasteiger partial charge in [-0.1, -0.05) is 17.7 Å². The van der Waals surface area contributed by atoms with Crippen molar-refractivity contribution in [2.24, 2.45) is 0 Å². The third-order valence-electron chi connectivity index (χ3n) is 5.60. The minimum Gasteiger partial charge on any atom is -0.484 e. The highest BCUT2D eigenvalue weighted by molar-refractivity contribution is 5.73. The van der Waals surface area contributed by atoms with Gasteiger partial charge in [-0.3, -0.25) is 14.7 Å². The van der Waals surface area contributed by atoms with Crippen molar-refractivity contribution in [3.8, 4) is 5.75 Å². The van der Waals surface area contributed by atoms with Gasteiger partial charge in [-0.2, -0.15) is 0 Å². The molecule has 0 N–H and O–H groups in total. The van der Waals surface area contributed by atoms with Crippen molar-refractivity contribution in [1.29, 1.82) is 0 Å². The molecule has 1 fully saturated rings. The second-order valence-corrected chi connectivity index (χ2v) is 7.94. The predicted octanol–water partition coefficient (Wildman–Crippen LogP) is 3.17. The molecule has 0 bridgehead atoms. The number of hydrogen-bond acceptors (Lipinski definition) is 4. The number of pyridine rings is 1. The molecule has 2 aliphatic rings. The molecule has 27 heavy (non-hydrogen) atoms. The van der Waals surface area contributed by atoms with Crippen LogP contribution in [0.1, 0.15) is 36.5 Å². The average molecular weight is 365 g/mol. The van der Waals surface area contributed by atoms with Crippen molar-refractivity contribution in [1.82, 2.24) is 14.8 Å². The van der Waals surface area contributed by atoms with Crippen LogP contribution in [0.3, 0.4) is 0 Å². The number of aromatic nitrogens is 1. The van der Waals surface area contributed by atoms with Crippen molar-refractivity contribution in [3.63, 3.8) is 0 Å². The zero-order valence-corrected chi connectivity index (χ0v) is 16.1. The van der Waals surface area contributed by atoms with Gasteiger partial charge in [0.25, 0.3) is 0 Å². The topological polar surface area (TPSA) is 45.7 Å². The minimum absolute atomic E-state index is 0.110. The van der Waals surface area contributed by atoms with Crippen molar-refractivity contribution in [2.75, 3.05) is 19.6 Å². The molecule has 2 aromatic rings. The molecule has 1 unspecified atom stereocenters. The zero-order chi connectivity index (χ0) is 18.9. The summed E-state index contributed by atoms with van der Waals surface area (Å²) in [5.41, 5.74) is 3.21. The molecule has 4 rings (SSSR count). The number of piperidine rings is 1. The SMILES string of the molecule is CC(=O)N1Cc2cc(C)ccc2OC2(CCCN(Cc3ccncc3)C2)C1. The number of carbonyl (C=O) groups excluding carboxylic acids is 1. The fourth-order valence-electron chi connectivity index (χ4n) is 4.31. The van der Waals surface area contributed by atoms with Crippen LogP contribution < -0.4 is 4.74 Å². The lowest BCUT2D eigenvalue weighted by Gasteiger charge is -2.43. The van der Waals surface area contributed by atoms with E-state index in [1.54, 1.807) is 6.92 Å². The molecular formula is C22H27N3O2. The summed E-state index contributed by atoms with van der Waals surface area (Å²) in [6.45, 7) is 7.76. The smallest absolute Gasteiger partial charge is 0.219 e. The van der Waals surface area contributed by atoms with E-state index < -0.39 is 0 Å². The van der Waals surface area contributed by atoms with Crippen molar-refractivity contribution < 1.29 is 9.53 Å². The normalized spacial score (nSPS) is 22.8. The first-order valence-corrected chi connectivity index (χ1v) is 9.68. The van der Waals surface area contributed by atoms with E-state index in [2.05, 4.69) is 47.1 Å². The summed E-state index contributed by atoms with van der Waals surface area (Å²) in [5, 5.41) is 0. The summed E-state index contributed by atoms with van der Waals surface area (Å²) in [4.78, 5) is 20.8. The Labute approximate surface area is 161 Å². The van der Waals surface area contributed by atoms with Crippen LogP contribution in [0.4, 0.5) is 0 Å². The third kappa shape index (κ3) is 3.98. The van der Waals surface area contributed by atoms with Gasteiger partial charge < -0.3 is 9.64 Å². The second-order valence-electron chi connectivity index (χ2n) is 7.94. The van der Waals surface area contributed by atoms with Gasteiger partial charge >= 0.3 is 0 Å². The summed E-state index contributed by atoms with van der Waals surface area (Å²) < 4.78 is 6.64. The number of hydrogen-bond donors (Lipinski definition) is 0. The van der Waals surface area contributed by atoms with Crippen LogP contribution >= 0.6 is 0 Å². The molecule has 142 valence electrons. The molecule has 2 aliphatic heterocycles. The van der Waals surface area contributed by atoms with Crippen molar-refractivity contribution in [2.45, 2.75) is 45.4 Å². The molecule has 5 heteroatoms. The number of ether oxygens (including phenoxy) is 1. The number of benzene rings is 1. The quantitative estimate of drug-likeness (QED) is 0.820. The summed E-state index contributed by atoms with van der Waals surface area (Å²) in [7, 11) is 0. The molecule has 1 atom stereocenters. The van der Waals surface area contributed by atoms with Gasteiger partial charge in [0.2, 0.25) is 5.91 Å². The maximum absolute atomic E-state index is 12.3. The van der Waals surface area contributed by atoms with Gasteiger partial charge in [0, 0.05) is 44.5 Å². The minimum atomic E-state index is -0.350. The van der Waals surface area contributed by atoms with Gasteiger partial charge in [-0.25, -0.2) is 0 Å². The lowest BCUT2D eigenvalue weighted by molar-refractivity contribution is -0.133. The van der Waals surface area contributed by atoms with E-state index in [0.29, 0.717) is 13.1 Å². The molecule has 1 aromatic heterocycles. The Morgan fingerprint density at radius 1 is 1.22 bits per heavy atom. The van der Waals surface area contributed by atoms with Crippen LogP contribution in [0.5, 0.6) is 5.75 Å². The van der Waals surface area contributed by atoms with Crippen LogP contribution in [-0.2, 0) is 17.9 Å². The van der Waals surface area contributed by atoms with E-state index in [4.69, 9.17) is 4.74 Å². The van der Waals surface area contributed by atoms with Gasteiger partial charge in [-0.15, -0.1) is 0 Å². The van der Waals surface area contributed by atoms with E-state index >= 15 is 0 Å². The molecule has 3 heterocycles. The molecule has 1 amide bonds. The lowest BCUT2D eigenvalue weighted by atomic mass is 9.91. The van der Waals surface area contributed by atoms with Gasteiger partial charge in [0.15, 0.2) is 0 Å². The van der Waals surface area contributed by atoms with Crippen LogP contribution in [0.2, 0.25) is 0 Å². The number of rotatable bonds is 2. The fourth-order valence-corrected chi connectivity index (χ4v) is 4.31. The highest BCUT2D eigenvalue weighted by atomic mass is 16.5. The maximum atomic E-state index is 12.3. The molecule has 0 aliphatic carbocycles. The van der Waals surface area contributed by atoms with Gasteiger partial charge in [-0.05, 0) is 50.1 Å². The van der Waals surface area contributed by atoms with Crippen LogP contribution in [-0.4, -0.2) is 45.9 Å². The van der Waals surface area contributed by atoms with Crippen LogP contribution in [0.15, 0.2) is 42.7 Å². The average Bonchev–Trinajstić information content (AvgIpc) is 2.79. The number of fused-ring (bicyclic) bond motifs is 1. The second kappa shape index (κ2) is 7.31. The summed E-state index contributed by atoms with van der Waals surface area (Å²) in [6, 6.07) is 10.4. The Balaban J connectivity index is 1.61. The Hall–Kier alpha value is -2.40. The van der Waals surface area contributed by atoms with E-state index in [1.807, 2.05) is 17.3 Å². The molecule has 0 radical (unpaired) electrons. The molecule has 1 aromatic carbocycles. The summed E-state index contributed by atoms with van der Waals surface area (Å²) in [6.07, 6.45) is 5.72. The van der Waals surface area contributed by atoms with Crippen molar-refractivity contribution in [3.05, 3.63) is 59.4 Å². The Bertz CT molecular complexity index is 824. The van der Waals surface area contributed by atoms with E-state index in [9.17, 15) is 4.79 Å². The molecule has 5 nitrogen and oxygen atoms in total. The zero-order valence-electron chi connectivity index (χ0n) is 16.1. The Morgan fingerprint density at radius 3 is 2.81 bits per heavy atom. The highest BCUT2D eigenvalue weighted by Crippen LogP contribution is 2.35. The third-order valence-corrected chi connectivity index (χ3v) is 5.60. The fraction of sp³-hybridized carbons (Fsp3) is 0.455. The van der Waals surface area contributed by atoms with E-state index in [1.165, 1.54) is 11.1 Å². The number of aryl methyl sites for hydroxylation is 1. The molecular weight excluding hydrogens is 338 g/mol. The number of carbonyl (C=O) groups is 1. The number of nitrogens with zero attached hydrogens (tertiary/aromatic N) is 3. The first-order chi connectivity index (χ1) is 13.0. The molecule has 1 spiro atoms. The first-order valence-electron chi connectivity index (χ1n) is 9.68. The molecule has 0 saturated carbocycles. The lowest BCUT2D eigenvalue weighted by Crippen LogP contribution is -2.57. The maximum Gasteiger partial charge on any atom is 0.219 e. The Kier molecular flexibility index (Phi) is 4.87.